The van der Waals surface area contributed by atoms with Crippen LogP contribution in [0.15, 0.2) is 12.6 Å². The Morgan fingerprint density at radius 3 is 2.91 bits per heavy atom. The first kappa shape index (κ1) is 23.1. The number of nitrogens with zero attached hydrogens (tertiary/aromatic N) is 2. The number of fused-ring (bicyclic) bond motifs is 1. The van der Waals surface area contributed by atoms with Crippen molar-refractivity contribution in [2.24, 2.45) is 0 Å². The van der Waals surface area contributed by atoms with Gasteiger partial charge in [0.05, 0.1) is 40.5 Å². The molecule has 0 aromatic carbocycles. The van der Waals surface area contributed by atoms with E-state index in [1.807, 2.05) is 0 Å². The Bertz CT molecular complexity index is 1100. The lowest BCUT2D eigenvalue weighted by molar-refractivity contribution is 0.0317. The van der Waals surface area contributed by atoms with E-state index < -0.39 is 23.6 Å². The van der Waals surface area contributed by atoms with Gasteiger partial charge in [0, 0.05) is 18.7 Å². The molecule has 1 saturated heterocycles. The molecule has 4 rings (SSSR count). The SMILES string of the molecule is C=Cc1cc(-c2nc(N[C@@H]3CCOC[C@@H]3NC(=O)OC(C)(C)C)c(F)c3c2C(=O)NC3)sn1. The van der Waals surface area contributed by atoms with Crippen LogP contribution in [0.3, 0.4) is 0 Å². The maximum absolute atomic E-state index is 15.4. The Morgan fingerprint density at radius 1 is 1.42 bits per heavy atom. The Hall–Kier alpha value is -3.05. The standard InChI is InChI=1S/C22H26FN5O4S/c1-5-11-8-15(33-28-11)18-16-12(9-24-20(16)29)17(23)19(27-18)25-13-6-7-31-10-14(13)26-21(30)32-22(2,3)4/h5,8,13-14H,1,6-7,9-10H2,2-4H3,(H,24,29)(H,25,27)(H,26,30)/t13-,14+/m1/s1. The maximum Gasteiger partial charge on any atom is 0.408 e. The summed E-state index contributed by atoms with van der Waals surface area (Å²) in [6.07, 6.45) is 1.54. The number of halogens is 1. The monoisotopic (exact) mass is 475 g/mol. The minimum Gasteiger partial charge on any atom is -0.444 e. The minimum absolute atomic E-state index is 0.0108. The Labute approximate surface area is 194 Å². The zero-order valence-electron chi connectivity index (χ0n) is 18.7. The molecule has 11 heteroatoms. The second-order valence-electron chi connectivity index (χ2n) is 8.85. The summed E-state index contributed by atoms with van der Waals surface area (Å²) in [4.78, 5) is 29.8. The van der Waals surface area contributed by atoms with E-state index >= 15 is 4.39 Å². The van der Waals surface area contributed by atoms with Crippen LogP contribution >= 0.6 is 11.5 Å². The molecule has 1 fully saturated rings. The predicted molar refractivity (Wildman–Crippen MR) is 123 cm³/mol. The quantitative estimate of drug-likeness (QED) is 0.608. The molecule has 2 aliphatic heterocycles. The van der Waals surface area contributed by atoms with Gasteiger partial charge in [-0.1, -0.05) is 6.58 Å². The summed E-state index contributed by atoms with van der Waals surface area (Å²) in [6.45, 7) is 9.79. The Balaban J connectivity index is 1.64. The van der Waals surface area contributed by atoms with Gasteiger partial charge in [-0.3, -0.25) is 4.79 Å². The summed E-state index contributed by atoms with van der Waals surface area (Å²) in [5, 5.41) is 8.60. The van der Waals surface area contributed by atoms with Crippen LogP contribution in [0.5, 0.6) is 0 Å². The number of hydrogen-bond acceptors (Lipinski definition) is 8. The molecule has 2 atom stereocenters. The number of pyridine rings is 1. The van der Waals surface area contributed by atoms with Gasteiger partial charge >= 0.3 is 6.09 Å². The average Bonchev–Trinajstić information content (AvgIpc) is 3.37. The van der Waals surface area contributed by atoms with Crippen molar-refractivity contribution in [1.29, 1.82) is 0 Å². The summed E-state index contributed by atoms with van der Waals surface area (Å²) in [6, 6.07) is 0.950. The number of hydrogen-bond donors (Lipinski definition) is 3. The first-order valence-corrected chi connectivity index (χ1v) is 11.4. The molecule has 9 nitrogen and oxygen atoms in total. The number of carbonyl (C=O) groups is 2. The van der Waals surface area contributed by atoms with Gasteiger partial charge < -0.3 is 25.4 Å². The first-order valence-electron chi connectivity index (χ1n) is 10.6. The fourth-order valence-corrected chi connectivity index (χ4v) is 4.48. The molecule has 33 heavy (non-hydrogen) atoms. The summed E-state index contributed by atoms with van der Waals surface area (Å²) in [5.41, 5.74) is 0.827. The van der Waals surface area contributed by atoms with E-state index in [0.717, 1.165) is 11.5 Å². The second kappa shape index (κ2) is 9.06. The molecule has 2 amide bonds. The van der Waals surface area contributed by atoms with Crippen LogP contribution in [-0.2, 0) is 16.0 Å². The third-order valence-corrected chi connectivity index (χ3v) is 6.05. The molecule has 3 N–H and O–H groups in total. The molecule has 0 radical (unpaired) electrons. The van der Waals surface area contributed by atoms with Gasteiger partial charge in [-0.25, -0.2) is 14.2 Å². The summed E-state index contributed by atoms with van der Waals surface area (Å²) in [5.74, 6) is -0.957. The fourth-order valence-electron chi connectivity index (χ4n) is 3.74. The molecule has 0 spiro atoms. The highest BCUT2D eigenvalue weighted by atomic mass is 32.1. The van der Waals surface area contributed by atoms with Gasteiger partial charge in [0.15, 0.2) is 11.6 Å². The van der Waals surface area contributed by atoms with E-state index in [-0.39, 0.29) is 42.0 Å². The van der Waals surface area contributed by atoms with Crippen molar-refractivity contribution in [3.05, 3.63) is 35.3 Å². The zero-order chi connectivity index (χ0) is 23.8. The summed E-state index contributed by atoms with van der Waals surface area (Å²) >= 11 is 1.16. The van der Waals surface area contributed by atoms with E-state index in [1.54, 1.807) is 32.9 Å². The molecule has 176 valence electrons. The van der Waals surface area contributed by atoms with Gasteiger partial charge in [-0.2, -0.15) is 4.37 Å². The largest absolute Gasteiger partial charge is 0.444 e. The molecule has 0 bridgehead atoms. The smallest absolute Gasteiger partial charge is 0.408 e. The lowest BCUT2D eigenvalue weighted by Gasteiger charge is -2.33. The number of carbonyl (C=O) groups excluding carboxylic acids is 2. The number of ether oxygens (including phenoxy) is 2. The number of nitrogens with one attached hydrogen (secondary N) is 3. The molecule has 2 aliphatic rings. The molecule has 0 aliphatic carbocycles. The Kier molecular flexibility index (Phi) is 6.35. The van der Waals surface area contributed by atoms with Crippen molar-refractivity contribution in [3.63, 3.8) is 0 Å². The van der Waals surface area contributed by atoms with E-state index in [1.165, 1.54) is 0 Å². The lowest BCUT2D eigenvalue weighted by Crippen LogP contribution is -2.53. The van der Waals surface area contributed by atoms with Gasteiger partial charge in [0.25, 0.3) is 5.91 Å². The van der Waals surface area contributed by atoms with Crippen LogP contribution in [0.2, 0.25) is 0 Å². The lowest BCUT2D eigenvalue weighted by atomic mass is 10.0. The number of aromatic nitrogens is 2. The van der Waals surface area contributed by atoms with E-state index in [2.05, 4.69) is 31.9 Å². The van der Waals surface area contributed by atoms with Crippen LogP contribution in [0.25, 0.3) is 16.6 Å². The molecule has 2 aromatic heterocycles. The van der Waals surface area contributed by atoms with Crippen molar-refractivity contribution in [3.8, 4) is 10.6 Å². The average molecular weight is 476 g/mol. The van der Waals surface area contributed by atoms with Crippen molar-refractivity contribution in [2.45, 2.75) is 51.4 Å². The van der Waals surface area contributed by atoms with E-state index in [4.69, 9.17) is 9.47 Å². The van der Waals surface area contributed by atoms with Gasteiger partial charge in [-0.15, -0.1) is 0 Å². The molecule has 4 heterocycles. The Morgan fingerprint density at radius 2 is 2.21 bits per heavy atom. The number of rotatable bonds is 5. The number of amides is 2. The van der Waals surface area contributed by atoms with Gasteiger partial charge in [0.2, 0.25) is 0 Å². The number of anilines is 1. The van der Waals surface area contributed by atoms with Crippen LogP contribution in [0, 0.1) is 5.82 Å². The molecule has 0 saturated carbocycles. The first-order chi connectivity index (χ1) is 15.7. The van der Waals surface area contributed by atoms with E-state index in [0.29, 0.717) is 29.3 Å². The molecule has 0 unspecified atom stereocenters. The highest BCUT2D eigenvalue weighted by molar-refractivity contribution is 7.09. The van der Waals surface area contributed by atoms with Crippen LogP contribution in [0.1, 0.15) is 48.8 Å². The zero-order valence-corrected chi connectivity index (χ0v) is 19.5. The maximum atomic E-state index is 15.4. The van der Waals surface area contributed by atoms with Crippen molar-refractivity contribution >= 4 is 35.4 Å². The minimum atomic E-state index is -0.649. The topological polar surface area (TPSA) is 114 Å². The van der Waals surface area contributed by atoms with Crippen molar-refractivity contribution in [2.75, 3.05) is 18.5 Å². The molecular weight excluding hydrogens is 449 g/mol. The number of alkyl carbamates (subject to hydrolysis) is 1. The third kappa shape index (κ3) is 4.98. The second-order valence-corrected chi connectivity index (χ2v) is 9.65. The van der Waals surface area contributed by atoms with Crippen molar-refractivity contribution in [1.82, 2.24) is 20.0 Å². The van der Waals surface area contributed by atoms with Crippen LogP contribution < -0.4 is 16.0 Å². The third-order valence-electron chi connectivity index (χ3n) is 5.24. The summed E-state index contributed by atoms with van der Waals surface area (Å²) < 4.78 is 30.5. The highest BCUT2D eigenvalue weighted by Gasteiger charge is 2.34. The highest BCUT2D eigenvalue weighted by Crippen LogP contribution is 2.35. The predicted octanol–water partition coefficient (Wildman–Crippen LogP) is 3.32. The normalized spacial score (nSPS) is 20.1. The van der Waals surface area contributed by atoms with Crippen LogP contribution in [-0.4, -0.2) is 52.3 Å². The van der Waals surface area contributed by atoms with Crippen LogP contribution in [0.4, 0.5) is 15.0 Å². The molecular formula is C22H26FN5O4S. The van der Waals surface area contributed by atoms with Crippen molar-refractivity contribution < 1.29 is 23.5 Å². The van der Waals surface area contributed by atoms with Gasteiger partial charge in [-0.05, 0) is 50.9 Å². The molecule has 2 aromatic rings. The summed E-state index contributed by atoms with van der Waals surface area (Å²) in [7, 11) is 0. The van der Waals surface area contributed by atoms with Gasteiger partial charge in [0.1, 0.15) is 5.60 Å². The fraction of sp³-hybridized carbons (Fsp3) is 0.455. The van der Waals surface area contributed by atoms with E-state index in [9.17, 15) is 9.59 Å².